The second-order valence-corrected chi connectivity index (χ2v) is 7.66. The Kier molecular flexibility index (Phi) is 5.13. The minimum atomic E-state index is -0.556. The highest BCUT2D eigenvalue weighted by Crippen LogP contribution is 2.38. The lowest BCUT2D eigenvalue weighted by Crippen LogP contribution is -2.60. The van der Waals surface area contributed by atoms with Crippen LogP contribution in [0.1, 0.15) is 31.4 Å². The minimum absolute atomic E-state index is 0.107. The van der Waals surface area contributed by atoms with E-state index < -0.39 is 5.54 Å². The van der Waals surface area contributed by atoms with E-state index >= 15 is 0 Å². The van der Waals surface area contributed by atoms with Crippen LogP contribution < -0.4 is 5.32 Å². The molecule has 1 spiro atoms. The molecule has 2 aliphatic heterocycles. The van der Waals surface area contributed by atoms with Crippen LogP contribution in [0.4, 0.5) is 5.69 Å². The van der Waals surface area contributed by atoms with Crippen LogP contribution >= 0.6 is 0 Å². The molecule has 28 heavy (non-hydrogen) atoms. The molecule has 2 saturated heterocycles. The molecule has 0 saturated carbocycles. The maximum absolute atomic E-state index is 13.4. The van der Waals surface area contributed by atoms with Gasteiger partial charge in [-0.1, -0.05) is 6.07 Å². The Bertz CT molecular complexity index is 851. The number of rotatable bonds is 5. The van der Waals surface area contributed by atoms with Crippen LogP contribution in [-0.4, -0.2) is 61.6 Å². The summed E-state index contributed by atoms with van der Waals surface area (Å²) in [7, 11) is 1.81. The first-order valence-electron chi connectivity index (χ1n) is 9.80. The van der Waals surface area contributed by atoms with Gasteiger partial charge in [-0.3, -0.25) is 24.2 Å². The summed E-state index contributed by atoms with van der Waals surface area (Å²) in [6.07, 6.45) is 8.64. The Balaban J connectivity index is 1.45. The molecule has 0 aliphatic carbocycles. The van der Waals surface area contributed by atoms with Gasteiger partial charge in [0.15, 0.2) is 0 Å². The van der Waals surface area contributed by atoms with Crippen LogP contribution in [-0.2, 0) is 23.2 Å². The maximum Gasteiger partial charge on any atom is 0.243 e. The smallest absolute Gasteiger partial charge is 0.243 e. The molecule has 0 aromatic carbocycles. The lowest BCUT2D eigenvalue weighted by Gasteiger charge is -2.44. The molecule has 8 heteroatoms. The molecule has 2 aromatic rings. The number of aryl methyl sites for hydroxylation is 1. The number of hydrogen-bond donors (Lipinski definition) is 1. The van der Waals surface area contributed by atoms with Gasteiger partial charge < -0.3 is 10.2 Å². The standard InChI is InChI=1S/C20H26N6O2/c1-24-13-17(12-22-24)23-18(27)15-26-11-5-8-20(26)7-4-10-25(19(20)28)14-16-6-2-3-9-21-16/h2-3,6,9,12-13H,4-5,7-8,10-11,14-15H2,1H3,(H,23,27). The van der Waals surface area contributed by atoms with Crippen molar-refractivity contribution in [3.05, 3.63) is 42.5 Å². The van der Waals surface area contributed by atoms with Crippen molar-refractivity contribution < 1.29 is 9.59 Å². The number of amides is 2. The summed E-state index contributed by atoms with van der Waals surface area (Å²) < 4.78 is 1.65. The van der Waals surface area contributed by atoms with Crippen LogP contribution in [0.25, 0.3) is 0 Å². The van der Waals surface area contributed by atoms with Crippen LogP contribution in [0.2, 0.25) is 0 Å². The number of nitrogens with zero attached hydrogens (tertiary/aromatic N) is 5. The van der Waals surface area contributed by atoms with Gasteiger partial charge in [0, 0.05) is 26.0 Å². The molecule has 1 atom stereocenters. The third kappa shape index (κ3) is 3.64. The molecular weight excluding hydrogens is 356 g/mol. The molecule has 1 unspecified atom stereocenters. The highest BCUT2D eigenvalue weighted by molar-refractivity contribution is 5.93. The van der Waals surface area contributed by atoms with E-state index in [1.807, 2.05) is 30.1 Å². The van der Waals surface area contributed by atoms with Crippen molar-refractivity contribution in [1.82, 2.24) is 24.6 Å². The predicted octanol–water partition coefficient (Wildman–Crippen LogP) is 1.41. The Morgan fingerprint density at radius 3 is 2.79 bits per heavy atom. The van der Waals surface area contributed by atoms with Gasteiger partial charge in [-0.05, 0) is 44.4 Å². The number of hydrogen-bond acceptors (Lipinski definition) is 5. The highest BCUT2D eigenvalue weighted by Gasteiger charge is 2.51. The number of piperidine rings is 1. The van der Waals surface area contributed by atoms with Crippen molar-refractivity contribution in [3.63, 3.8) is 0 Å². The second kappa shape index (κ2) is 7.71. The Labute approximate surface area is 164 Å². The lowest BCUT2D eigenvalue weighted by molar-refractivity contribution is -0.148. The molecule has 4 heterocycles. The van der Waals surface area contributed by atoms with E-state index in [1.165, 1.54) is 0 Å². The normalized spacial score (nSPS) is 22.8. The predicted molar refractivity (Wildman–Crippen MR) is 104 cm³/mol. The van der Waals surface area contributed by atoms with Gasteiger partial charge in [0.05, 0.1) is 30.7 Å². The molecule has 2 amide bonds. The topological polar surface area (TPSA) is 83.4 Å². The molecular formula is C20H26N6O2. The van der Waals surface area contributed by atoms with E-state index in [-0.39, 0.29) is 18.4 Å². The quantitative estimate of drug-likeness (QED) is 0.845. The molecule has 148 valence electrons. The molecule has 1 N–H and O–H groups in total. The van der Waals surface area contributed by atoms with Gasteiger partial charge in [0.1, 0.15) is 5.54 Å². The van der Waals surface area contributed by atoms with Crippen LogP contribution in [0, 0.1) is 0 Å². The van der Waals surface area contributed by atoms with Crippen molar-refractivity contribution in [2.45, 2.75) is 37.8 Å². The Morgan fingerprint density at radius 2 is 2.07 bits per heavy atom. The lowest BCUT2D eigenvalue weighted by atomic mass is 9.85. The third-order valence-corrected chi connectivity index (χ3v) is 5.73. The monoisotopic (exact) mass is 382 g/mol. The summed E-state index contributed by atoms with van der Waals surface area (Å²) >= 11 is 0. The van der Waals surface area contributed by atoms with Gasteiger partial charge in [-0.2, -0.15) is 5.10 Å². The zero-order valence-corrected chi connectivity index (χ0v) is 16.2. The Hall–Kier alpha value is -2.74. The van der Waals surface area contributed by atoms with E-state index in [2.05, 4.69) is 20.3 Å². The maximum atomic E-state index is 13.4. The Morgan fingerprint density at radius 1 is 1.25 bits per heavy atom. The summed E-state index contributed by atoms with van der Waals surface area (Å²) in [6, 6.07) is 5.77. The first-order valence-corrected chi connectivity index (χ1v) is 9.80. The van der Waals surface area contributed by atoms with Crippen molar-refractivity contribution in [3.8, 4) is 0 Å². The molecule has 2 fully saturated rings. The molecule has 0 bridgehead atoms. The van der Waals surface area contributed by atoms with E-state index in [0.29, 0.717) is 12.2 Å². The van der Waals surface area contributed by atoms with Gasteiger partial charge in [0.2, 0.25) is 11.8 Å². The fraction of sp³-hybridized carbons (Fsp3) is 0.500. The van der Waals surface area contributed by atoms with Crippen LogP contribution in [0.3, 0.4) is 0 Å². The summed E-state index contributed by atoms with van der Waals surface area (Å²) in [4.78, 5) is 34.3. The molecule has 0 radical (unpaired) electrons. The SMILES string of the molecule is Cn1cc(NC(=O)CN2CCCC23CCCN(Cc2ccccn2)C3=O)cn1. The van der Waals surface area contributed by atoms with E-state index in [4.69, 9.17) is 0 Å². The first kappa shape index (κ1) is 18.6. The van der Waals surface area contributed by atoms with Crippen molar-refractivity contribution >= 4 is 17.5 Å². The van der Waals surface area contributed by atoms with Gasteiger partial charge in [-0.15, -0.1) is 0 Å². The molecule has 2 aromatic heterocycles. The first-order chi connectivity index (χ1) is 13.6. The van der Waals surface area contributed by atoms with Crippen LogP contribution in [0.5, 0.6) is 0 Å². The van der Waals surface area contributed by atoms with Crippen molar-refractivity contribution in [1.29, 1.82) is 0 Å². The average Bonchev–Trinajstić information content (AvgIpc) is 3.27. The van der Waals surface area contributed by atoms with Gasteiger partial charge >= 0.3 is 0 Å². The summed E-state index contributed by atoms with van der Waals surface area (Å²) in [6.45, 7) is 2.26. The zero-order valence-electron chi connectivity index (χ0n) is 16.2. The molecule has 4 rings (SSSR count). The fourth-order valence-corrected chi connectivity index (χ4v) is 4.45. The van der Waals surface area contributed by atoms with Crippen LogP contribution in [0.15, 0.2) is 36.8 Å². The highest BCUT2D eigenvalue weighted by atomic mass is 16.2. The van der Waals surface area contributed by atoms with E-state index in [0.717, 1.165) is 44.5 Å². The number of pyridine rings is 1. The number of carbonyl (C=O) groups is 2. The summed E-state index contributed by atoms with van der Waals surface area (Å²) in [5.41, 5.74) is 1.01. The molecule has 8 nitrogen and oxygen atoms in total. The minimum Gasteiger partial charge on any atom is -0.335 e. The largest absolute Gasteiger partial charge is 0.335 e. The summed E-state index contributed by atoms with van der Waals surface area (Å²) in [5.74, 6) is 0.0278. The summed E-state index contributed by atoms with van der Waals surface area (Å²) in [5, 5.41) is 6.95. The average molecular weight is 382 g/mol. The fourth-order valence-electron chi connectivity index (χ4n) is 4.45. The number of nitrogens with one attached hydrogen (secondary N) is 1. The second-order valence-electron chi connectivity index (χ2n) is 7.66. The van der Waals surface area contributed by atoms with Gasteiger partial charge in [-0.25, -0.2) is 0 Å². The van der Waals surface area contributed by atoms with Gasteiger partial charge in [0.25, 0.3) is 0 Å². The number of carbonyl (C=O) groups excluding carboxylic acids is 2. The third-order valence-electron chi connectivity index (χ3n) is 5.73. The molecule has 2 aliphatic rings. The van der Waals surface area contributed by atoms with Crippen molar-refractivity contribution in [2.75, 3.05) is 25.0 Å². The van der Waals surface area contributed by atoms with E-state index in [9.17, 15) is 9.59 Å². The van der Waals surface area contributed by atoms with Crippen molar-refractivity contribution in [2.24, 2.45) is 7.05 Å². The zero-order chi connectivity index (χ0) is 19.6. The number of likely N-dealkylation sites (tertiary alicyclic amines) is 2. The van der Waals surface area contributed by atoms with E-state index in [1.54, 1.807) is 23.3 Å². The number of aromatic nitrogens is 3. The number of anilines is 1.